The van der Waals surface area contributed by atoms with Crippen molar-refractivity contribution in [1.29, 1.82) is 0 Å². The normalized spacial score (nSPS) is 17.6. The molecule has 1 aliphatic rings. The molecule has 34 heavy (non-hydrogen) atoms. The third-order valence-electron chi connectivity index (χ3n) is 5.92. The van der Waals surface area contributed by atoms with Gasteiger partial charge >= 0.3 is 0 Å². The van der Waals surface area contributed by atoms with Crippen LogP contribution >= 0.6 is 11.3 Å². The number of nitrogens with zero attached hydrogens (tertiary/aromatic N) is 1. The number of thiophene rings is 1. The van der Waals surface area contributed by atoms with Gasteiger partial charge in [0.15, 0.2) is 0 Å². The first kappa shape index (κ1) is 24.1. The molecule has 0 unspecified atom stereocenters. The second-order valence-corrected chi connectivity index (χ2v) is 11.4. The van der Waals surface area contributed by atoms with Gasteiger partial charge in [-0.2, -0.15) is 4.31 Å². The fraction of sp³-hybridized carbons (Fsp3) is 0.280. The second-order valence-electron chi connectivity index (χ2n) is 8.27. The molecule has 0 aliphatic carbocycles. The van der Waals surface area contributed by atoms with Crippen LogP contribution in [-0.2, 0) is 14.8 Å². The van der Waals surface area contributed by atoms with Crippen LogP contribution in [0.5, 0.6) is 0 Å². The molecule has 1 aromatic heterocycles. The predicted octanol–water partition coefficient (Wildman–Crippen LogP) is 4.28. The van der Waals surface area contributed by atoms with Crippen molar-refractivity contribution in [2.24, 2.45) is 5.92 Å². The zero-order valence-electron chi connectivity index (χ0n) is 18.8. The first-order chi connectivity index (χ1) is 16.4. The Morgan fingerprint density at radius 2 is 1.76 bits per heavy atom. The lowest BCUT2D eigenvalue weighted by molar-refractivity contribution is -0.120. The van der Waals surface area contributed by atoms with E-state index in [4.69, 9.17) is 0 Å². The number of rotatable bonds is 7. The number of sulfonamides is 1. The Bertz CT molecular complexity index is 1240. The van der Waals surface area contributed by atoms with E-state index in [1.54, 1.807) is 41.8 Å². The molecule has 3 aromatic rings. The fourth-order valence-corrected chi connectivity index (χ4v) is 6.70. The minimum Gasteiger partial charge on any atom is -0.345 e. The highest BCUT2D eigenvalue weighted by Gasteiger charge is 2.34. The zero-order valence-corrected chi connectivity index (χ0v) is 20.4. The summed E-state index contributed by atoms with van der Waals surface area (Å²) in [5.74, 6) is -1.08. The molecule has 2 amide bonds. The van der Waals surface area contributed by atoms with E-state index < -0.39 is 15.9 Å². The largest absolute Gasteiger partial charge is 0.345 e. The smallest absolute Gasteiger partial charge is 0.253 e. The third-order valence-corrected chi connectivity index (χ3v) is 9.16. The van der Waals surface area contributed by atoms with Crippen LogP contribution < -0.4 is 10.6 Å². The van der Waals surface area contributed by atoms with E-state index in [0.717, 1.165) is 5.56 Å². The van der Waals surface area contributed by atoms with E-state index in [1.807, 2.05) is 37.3 Å². The monoisotopic (exact) mass is 497 g/mol. The summed E-state index contributed by atoms with van der Waals surface area (Å²) in [5.41, 5.74) is 1.74. The average Bonchev–Trinajstić information content (AvgIpc) is 3.41. The molecule has 0 radical (unpaired) electrons. The van der Waals surface area contributed by atoms with E-state index in [0.29, 0.717) is 30.6 Å². The second kappa shape index (κ2) is 10.5. The van der Waals surface area contributed by atoms with Gasteiger partial charge in [0.25, 0.3) is 15.9 Å². The van der Waals surface area contributed by atoms with E-state index in [2.05, 4.69) is 10.6 Å². The highest BCUT2D eigenvalue weighted by Crippen LogP contribution is 2.27. The standard InChI is InChI=1S/C25H27N3O4S2/c1-18(19-9-3-2-4-10-19)26-25(30)21-12-5-6-13-22(21)27-24(29)20-11-7-15-28(17-20)34(31,32)23-14-8-16-33-23/h2-6,8-10,12-14,16,18,20H,7,11,15,17H2,1H3,(H,26,30)(H,27,29)/t18-,20-/m1/s1. The van der Waals surface area contributed by atoms with Crippen molar-refractivity contribution in [3.63, 3.8) is 0 Å². The van der Waals surface area contributed by atoms with Gasteiger partial charge in [0.05, 0.1) is 23.2 Å². The lowest BCUT2D eigenvalue weighted by Gasteiger charge is -2.31. The number of anilines is 1. The summed E-state index contributed by atoms with van der Waals surface area (Å²) in [6.45, 7) is 2.41. The molecule has 2 N–H and O–H groups in total. The summed E-state index contributed by atoms with van der Waals surface area (Å²) >= 11 is 1.17. The van der Waals surface area contributed by atoms with E-state index in [-0.39, 0.29) is 28.6 Å². The number of hydrogen-bond acceptors (Lipinski definition) is 5. The molecular weight excluding hydrogens is 470 g/mol. The van der Waals surface area contributed by atoms with E-state index in [9.17, 15) is 18.0 Å². The van der Waals surface area contributed by atoms with Gasteiger partial charge in [-0.15, -0.1) is 11.3 Å². The number of nitrogens with one attached hydrogen (secondary N) is 2. The van der Waals surface area contributed by atoms with Crippen LogP contribution in [0, 0.1) is 5.92 Å². The van der Waals surface area contributed by atoms with Crippen molar-refractivity contribution in [3.05, 3.63) is 83.2 Å². The summed E-state index contributed by atoms with van der Waals surface area (Å²) in [7, 11) is -3.61. The molecule has 9 heteroatoms. The van der Waals surface area contributed by atoms with Crippen molar-refractivity contribution >= 4 is 38.9 Å². The predicted molar refractivity (Wildman–Crippen MR) is 133 cm³/mol. The molecule has 2 atom stereocenters. The molecule has 4 rings (SSSR count). The molecule has 1 fully saturated rings. The molecule has 178 valence electrons. The summed E-state index contributed by atoms with van der Waals surface area (Å²) in [5, 5.41) is 7.56. The van der Waals surface area contributed by atoms with Crippen LogP contribution in [0.15, 0.2) is 76.3 Å². The Labute approximate surface area is 203 Å². The maximum Gasteiger partial charge on any atom is 0.253 e. The Morgan fingerprint density at radius 1 is 1.03 bits per heavy atom. The van der Waals surface area contributed by atoms with Crippen LogP contribution in [0.2, 0.25) is 0 Å². The van der Waals surface area contributed by atoms with Gasteiger partial charge in [0, 0.05) is 13.1 Å². The van der Waals surface area contributed by atoms with Gasteiger partial charge in [0.1, 0.15) is 4.21 Å². The molecule has 0 spiro atoms. The van der Waals surface area contributed by atoms with Gasteiger partial charge in [0.2, 0.25) is 5.91 Å². The number of amides is 2. The van der Waals surface area contributed by atoms with Gasteiger partial charge in [-0.25, -0.2) is 8.42 Å². The van der Waals surface area contributed by atoms with Gasteiger partial charge < -0.3 is 10.6 Å². The lowest BCUT2D eigenvalue weighted by atomic mass is 9.98. The third kappa shape index (κ3) is 5.38. The van der Waals surface area contributed by atoms with Crippen LogP contribution in [0.3, 0.4) is 0 Å². The molecular formula is C25H27N3O4S2. The first-order valence-corrected chi connectivity index (χ1v) is 13.5. The maximum atomic E-state index is 13.1. The fourth-order valence-electron chi connectivity index (χ4n) is 4.04. The lowest BCUT2D eigenvalue weighted by Crippen LogP contribution is -2.43. The molecule has 2 heterocycles. The number of piperidine rings is 1. The van der Waals surface area contributed by atoms with Crippen molar-refractivity contribution in [3.8, 4) is 0 Å². The molecule has 1 saturated heterocycles. The molecule has 0 bridgehead atoms. The molecule has 7 nitrogen and oxygen atoms in total. The number of para-hydroxylation sites is 1. The number of hydrogen-bond donors (Lipinski definition) is 2. The molecule has 0 saturated carbocycles. The van der Waals surface area contributed by atoms with Crippen LogP contribution in [0.1, 0.15) is 41.7 Å². The Balaban J connectivity index is 1.45. The van der Waals surface area contributed by atoms with E-state index >= 15 is 0 Å². The van der Waals surface area contributed by atoms with Gasteiger partial charge in [-0.05, 0) is 48.9 Å². The SMILES string of the molecule is C[C@@H](NC(=O)c1ccccc1NC(=O)[C@@H]1CCCN(S(=O)(=O)c2cccs2)C1)c1ccccc1. The number of carbonyl (C=O) groups is 2. The van der Waals surface area contributed by atoms with Gasteiger partial charge in [-0.3, -0.25) is 9.59 Å². The first-order valence-electron chi connectivity index (χ1n) is 11.2. The average molecular weight is 498 g/mol. The number of carbonyl (C=O) groups excluding carboxylic acids is 2. The Morgan fingerprint density at radius 3 is 2.50 bits per heavy atom. The van der Waals surface area contributed by atoms with Crippen LogP contribution in [0.4, 0.5) is 5.69 Å². The minimum absolute atomic E-state index is 0.117. The minimum atomic E-state index is -3.61. The highest BCUT2D eigenvalue weighted by molar-refractivity contribution is 7.91. The maximum absolute atomic E-state index is 13.1. The van der Waals surface area contributed by atoms with Crippen molar-refractivity contribution < 1.29 is 18.0 Å². The van der Waals surface area contributed by atoms with E-state index in [1.165, 1.54) is 15.6 Å². The summed E-state index contributed by atoms with van der Waals surface area (Å²) in [6.07, 6.45) is 1.18. The summed E-state index contributed by atoms with van der Waals surface area (Å²) in [6, 6.07) is 19.6. The van der Waals surface area contributed by atoms with Crippen LogP contribution in [-0.4, -0.2) is 37.6 Å². The van der Waals surface area contributed by atoms with Crippen molar-refractivity contribution in [2.75, 3.05) is 18.4 Å². The molecule has 2 aromatic carbocycles. The Hall–Kier alpha value is -3.01. The van der Waals surface area contributed by atoms with Gasteiger partial charge in [-0.1, -0.05) is 48.5 Å². The van der Waals surface area contributed by atoms with Crippen molar-refractivity contribution in [2.45, 2.75) is 30.0 Å². The van der Waals surface area contributed by atoms with Crippen molar-refractivity contribution in [1.82, 2.24) is 9.62 Å². The number of benzene rings is 2. The topological polar surface area (TPSA) is 95.6 Å². The summed E-state index contributed by atoms with van der Waals surface area (Å²) in [4.78, 5) is 26.1. The highest BCUT2D eigenvalue weighted by atomic mass is 32.2. The molecule has 1 aliphatic heterocycles. The zero-order chi connectivity index (χ0) is 24.1. The van der Waals surface area contributed by atoms with Crippen LogP contribution in [0.25, 0.3) is 0 Å². The Kier molecular flexibility index (Phi) is 7.45. The summed E-state index contributed by atoms with van der Waals surface area (Å²) < 4.78 is 27.4. The quantitative estimate of drug-likeness (QED) is 0.509.